The molecule has 3 nitrogen and oxygen atoms in total. The number of fused-ring (bicyclic) bond motifs is 1. The molecule has 3 heterocycles. The number of rotatable bonds is 4. The summed E-state index contributed by atoms with van der Waals surface area (Å²) in [5.41, 5.74) is 5.22. The highest BCUT2D eigenvalue weighted by molar-refractivity contribution is 7.99. The van der Waals surface area contributed by atoms with Crippen LogP contribution < -0.4 is 4.90 Å². The lowest BCUT2D eigenvalue weighted by Crippen LogP contribution is -2.48. The first kappa shape index (κ1) is 14.6. The standard InChI is InChI=1S/C18H18FN3S/c1-2-23-13-5-6-18(22-10-12(19)11-22)14(8-13)16-9-17-15(21-16)4-3-7-20-17/h3-9,12,21H,2,10-11H2,1H3. The number of aromatic nitrogens is 2. The van der Waals surface area contributed by atoms with Gasteiger partial charge in [-0.25, -0.2) is 4.39 Å². The van der Waals surface area contributed by atoms with Crippen molar-refractivity contribution in [3.8, 4) is 11.3 Å². The highest BCUT2D eigenvalue weighted by Crippen LogP contribution is 2.37. The molecule has 0 spiro atoms. The fourth-order valence-electron chi connectivity index (χ4n) is 2.99. The first-order chi connectivity index (χ1) is 11.2. The summed E-state index contributed by atoms with van der Waals surface area (Å²) in [5, 5.41) is 0. The monoisotopic (exact) mass is 327 g/mol. The molecule has 5 heteroatoms. The maximum Gasteiger partial charge on any atom is 0.135 e. The van der Waals surface area contributed by atoms with Crippen molar-refractivity contribution >= 4 is 28.5 Å². The van der Waals surface area contributed by atoms with Gasteiger partial charge in [-0.2, -0.15) is 0 Å². The van der Waals surface area contributed by atoms with Crippen LogP contribution in [0.3, 0.4) is 0 Å². The van der Waals surface area contributed by atoms with E-state index in [1.807, 2.05) is 23.9 Å². The molecule has 4 rings (SSSR count). The summed E-state index contributed by atoms with van der Waals surface area (Å²) >= 11 is 1.82. The minimum Gasteiger partial charge on any atom is -0.365 e. The van der Waals surface area contributed by atoms with Crippen molar-refractivity contribution in [2.75, 3.05) is 23.7 Å². The SMILES string of the molecule is CCSc1ccc(N2CC(F)C2)c(-c2cc3ncccc3[nH]2)c1. The Balaban J connectivity index is 1.81. The molecule has 118 valence electrons. The molecule has 0 saturated carbocycles. The molecular formula is C18H18FN3S. The molecule has 0 bridgehead atoms. The molecule has 1 aliphatic rings. The lowest BCUT2D eigenvalue weighted by atomic mass is 10.0. The zero-order valence-electron chi connectivity index (χ0n) is 12.9. The number of alkyl halides is 1. The van der Waals surface area contributed by atoms with Gasteiger partial charge in [0.05, 0.1) is 29.8 Å². The largest absolute Gasteiger partial charge is 0.365 e. The van der Waals surface area contributed by atoms with Crippen LogP contribution in [0, 0.1) is 0 Å². The summed E-state index contributed by atoms with van der Waals surface area (Å²) in [6.07, 6.45) is 1.09. The van der Waals surface area contributed by atoms with Gasteiger partial charge < -0.3 is 9.88 Å². The van der Waals surface area contributed by atoms with Gasteiger partial charge in [0.1, 0.15) is 6.17 Å². The smallest absolute Gasteiger partial charge is 0.135 e. The van der Waals surface area contributed by atoms with Crippen molar-refractivity contribution in [3.63, 3.8) is 0 Å². The van der Waals surface area contributed by atoms with Gasteiger partial charge in [-0.1, -0.05) is 6.92 Å². The van der Waals surface area contributed by atoms with Crippen molar-refractivity contribution in [1.82, 2.24) is 9.97 Å². The molecule has 0 amide bonds. The van der Waals surface area contributed by atoms with Crippen LogP contribution in [0.1, 0.15) is 6.92 Å². The van der Waals surface area contributed by atoms with Crippen LogP contribution in [-0.2, 0) is 0 Å². The number of benzene rings is 1. The number of aromatic amines is 1. The van der Waals surface area contributed by atoms with E-state index in [1.165, 1.54) is 4.90 Å². The van der Waals surface area contributed by atoms with Crippen molar-refractivity contribution in [1.29, 1.82) is 0 Å². The normalized spacial score (nSPS) is 15.1. The van der Waals surface area contributed by atoms with E-state index in [-0.39, 0.29) is 0 Å². The van der Waals surface area contributed by atoms with Crippen LogP contribution in [0.5, 0.6) is 0 Å². The average Bonchev–Trinajstić information content (AvgIpc) is 2.96. The van der Waals surface area contributed by atoms with Gasteiger partial charge in [-0.3, -0.25) is 4.98 Å². The number of nitrogens with zero attached hydrogens (tertiary/aromatic N) is 2. The summed E-state index contributed by atoms with van der Waals surface area (Å²) in [6.45, 7) is 3.10. The molecule has 1 N–H and O–H groups in total. The van der Waals surface area contributed by atoms with E-state index in [9.17, 15) is 4.39 Å². The number of halogens is 1. The predicted octanol–water partition coefficient (Wildman–Crippen LogP) is 4.50. The lowest BCUT2D eigenvalue weighted by molar-refractivity contribution is 0.275. The molecule has 0 atom stereocenters. The van der Waals surface area contributed by atoms with Gasteiger partial charge in [-0.05, 0) is 42.2 Å². The van der Waals surface area contributed by atoms with Gasteiger partial charge in [0, 0.05) is 22.3 Å². The van der Waals surface area contributed by atoms with E-state index >= 15 is 0 Å². The van der Waals surface area contributed by atoms with E-state index in [0.29, 0.717) is 13.1 Å². The number of thioether (sulfide) groups is 1. The molecule has 3 aromatic rings. The molecule has 0 aliphatic carbocycles. The predicted molar refractivity (Wildman–Crippen MR) is 95.0 cm³/mol. The van der Waals surface area contributed by atoms with Crippen LogP contribution in [0.15, 0.2) is 47.5 Å². The third-order valence-corrected chi connectivity index (χ3v) is 5.01. The van der Waals surface area contributed by atoms with Gasteiger partial charge in [0.2, 0.25) is 0 Å². The Hall–Kier alpha value is -2.01. The Morgan fingerprint density at radius 1 is 1.30 bits per heavy atom. The lowest BCUT2D eigenvalue weighted by Gasteiger charge is -2.37. The first-order valence-electron chi connectivity index (χ1n) is 7.84. The highest BCUT2D eigenvalue weighted by atomic mass is 32.2. The van der Waals surface area contributed by atoms with Crippen LogP contribution in [0.25, 0.3) is 22.3 Å². The van der Waals surface area contributed by atoms with E-state index in [0.717, 1.165) is 33.7 Å². The molecule has 1 saturated heterocycles. The fourth-order valence-corrected chi connectivity index (χ4v) is 3.68. The zero-order chi connectivity index (χ0) is 15.8. The maximum absolute atomic E-state index is 13.3. The second-order valence-electron chi connectivity index (χ2n) is 5.73. The number of anilines is 1. The maximum atomic E-state index is 13.3. The summed E-state index contributed by atoms with van der Waals surface area (Å²) < 4.78 is 13.3. The molecule has 0 radical (unpaired) electrons. The fraction of sp³-hybridized carbons (Fsp3) is 0.278. The Bertz CT molecular complexity index is 806. The van der Waals surface area contributed by atoms with Gasteiger partial charge >= 0.3 is 0 Å². The van der Waals surface area contributed by atoms with Gasteiger partial charge in [-0.15, -0.1) is 11.8 Å². The molecule has 2 aromatic heterocycles. The van der Waals surface area contributed by atoms with Crippen LogP contribution in [0.2, 0.25) is 0 Å². The number of nitrogens with one attached hydrogen (secondary N) is 1. The van der Waals surface area contributed by atoms with Gasteiger partial charge in [0.15, 0.2) is 0 Å². The van der Waals surface area contributed by atoms with E-state index in [4.69, 9.17) is 0 Å². The molecule has 1 aliphatic heterocycles. The molecule has 23 heavy (non-hydrogen) atoms. The zero-order valence-corrected chi connectivity index (χ0v) is 13.7. The number of H-pyrrole nitrogens is 1. The van der Waals surface area contributed by atoms with Gasteiger partial charge in [0.25, 0.3) is 0 Å². The Labute approximate surface area is 138 Å². The summed E-state index contributed by atoms with van der Waals surface area (Å²) in [5.74, 6) is 1.03. The third-order valence-electron chi connectivity index (χ3n) is 4.14. The Morgan fingerprint density at radius 2 is 2.17 bits per heavy atom. The third kappa shape index (κ3) is 2.70. The minimum atomic E-state index is -0.711. The van der Waals surface area contributed by atoms with E-state index < -0.39 is 6.17 Å². The first-order valence-corrected chi connectivity index (χ1v) is 8.83. The van der Waals surface area contributed by atoms with Crippen LogP contribution in [-0.4, -0.2) is 35.0 Å². The average molecular weight is 327 g/mol. The second-order valence-corrected chi connectivity index (χ2v) is 7.07. The summed E-state index contributed by atoms with van der Waals surface area (Å²) in [4.78, 5) is 11.2. The second kappa shape index (κ2) is 5.89. The Kier molecular flexibility index (Phi) is 3.73. The number of hydrogen-bond acceptors (Lipinski definition) is 3. The Morgan fingerprint density at radius 3 is 2.91 bits per heavy atom. The molecule has 1 fully saturated rings. The van der Waals surface area contributed by atoms with Crippen molar-refractivity contribution in [2.45, 2.75) is 18.0 Å². The van der Waals surface area contributed by atoms with Crippen LogP contribution in [0.4, 0.5) is 10.1 Å². The highest BCUT2D eigenvalue weighted by Gasteiger charge is 2.28. The summed E-state index contributed by atoms with van der Waals surface area (Å²) in [7, 11) is 0. The van der Waals surface area contributed by atoms with Crippen molar-refractivity contribution < 1.29 is 4.39 Å². The minimum absolute atomic E-state index is 0.478. The quantitative estimate of drug-likeness (QED) is 0.716. The number of hydrogen-bond donors (Lipinski definition) is 1. The van der Waals surface area contributed by atoms with E-state index in [2.05, 4.69) is 46.1 Å². The van der Waals surface area contributed by atoms with E-state index in [1.54, 1.807) is 6.20 Å². The van der Waals surface area contributed by atoms with Crippen molar-refractivity contribution in [3.05, 3.63) is 42.6 Å². The number of pyridine rings is 1. The molecular weight excluding hydrogens is 309 g/mol. The topological polar surface area (TPSA) is 31.9 Å². The molecule has 1 aromatic carbocycles. The van der Waals surface area contributed by atoms with Crippen LogP contribution >= 0.6 is 11.8 Å². The summed E-state index contributed by atoms with van der Waals surface area (Å²) in [6, 6.07) is 12.5. The molecule has 0 unspecified atom stereocenters. The van der Waals surface area contributed by atoms with Crippen molar-refractivity contribution in [2.24, 2.45) is 0 Å².